The molecule has 2 atom stereocenters. The van der Waals surface area contributed by atoms with E-state index in [9.17, 15) is 19.5 Å². The maximum atomic E-state index is 12.4. The van der Waals surface area contributed by atoms with Crippen LogP contribution in [-0.2, 0) is 9.59 Å². The van der Waals surface area contributed by atoms with E-state index in [2.05, 4.69) is 5.32 Å². The maximum absolute atomic E-state index is 12.4. The van der Waals surface area contributed by atoms with Gasteiger partial charge in [-0.1, -0.05) is 30.3 Å². The Morgan fingerprint density at radius 2 is 1.90 bits per heavy atom. The average molecular weight is 442 g/mol. The van der Waals surface area contributed by atoms with E-state index in [1.54, 1.807) is 18.2 Å². The van der Waals surface area contributed by atoms with Crippen LogP contribution in [0.2, 0.25) is 0 Å². The number of rotatable bonds is 9. The Bertz CT molecular complexity index is 1130. The van der Waals surface area contributed by atoms with Crippen molar-refractivity contribution in [1.29, 1.82) is 0 Å². The third-order valence-corrected chi connectivity index (χ3v) is 5.35. The Hall–Kier alpha value is -3.26. The van der Waals surface area contributed by atoms with Gasteiger partial charge in [0.2, 0.25) is 0 Å². The van der Waals surface area contributed by atoms with Gasteiger partial charge in [-0.3, -0.25) is 4.79 Å². The summed E-state index contributed by atoms with van der Waals surface area (Å²) in [6.07, 6.45) is 1.25. The molecule has 0 fully saturated rings. The van der Waals surface area contributed by atoms with E-state index in [0.29, 0.717) is 23.5 Å². The number of amides is 1. The standard InChI is InChI=1S/C23H23NO6S/c1-14(22(26)24-19(23(27)28)10-11-31-2)29-16-8-9-17-18(15-6-4-3-5-7-15)13-21(25)30-20(17)12-16/h3-9,12-14,19H,10-11H2,1-2H3,(H,24,26)(H,27,28)/t14-,19-/m1/s1. The molecule has 162 valence electrons. The lowest BCUT2D eigenvalue weighted by atomic mass is 10.0. The quantitative estimate of drug-likeness (QED) is 0.489. The zero-order valence-electron chi connectivity index (χ0n) is 17.2. The Balaban J connectivity index is 1.80. The number of hydrogen-bond donors (Lipinski definition) is 2. The molecule has 0 aliphatic heterocycles. The second-order valence-corrected chi connectivity index (χ2v) is 7.93. The molecule has 1 aromatic heterocycles. The van der Waals surface area contributed by atoms with Crippen LogP contribution < -0.4 is 15.7 Å². The fourth-order valence-corrected chi connectivity index (χ4v) is 3.58. The molecule has 31 heavy (non-hydrogen) atoms. The van der Waals surface area contributed by atoms with E-state index in [-0.39, 0.29) is 0 Å². The Labute approximate surface area is 183 Å². The number of nitrogens with one attached hydrogen (secondary N) is 1. The number of benzene rings is 2. The number of ether oxygens (including phenoxy) is 1. The lowest BCUT2D eigenvalue weighted by Crippen LogP contribution is -2.46. The molecule has 2 aromatic carbocycles. The fraction of sp³-hybridized carbons (Fsp3) is 0.261. The second-order valence-electron chi connectivity index (χ2n) is 6.94. The van der Waals surface area contributed by atoms with E-state index in [1.165, 1.54) is 24.8 Å². The van der Waals surface area contributed by atoms with Crippen LogP contribution in [0.5, 0.6) is 5.75 Å². The zero-order chi connectivity index (χ0) is 22.4. The first-order chi connectivity index (χ1) is 14.9. The maximum Gasteiger partial charge on any atom is 0.336 e. The van der Waals surface area contributed by atoms with Crippen LogP contribution in [0.4, 0.5) is 0 Å². The minimum Gasteiger partial charge on any atom is -0.481 e. The molecule has 3 rings (SSSR count). The first-order valence-electron chi connectivity index (χ1n) is 9.71. The summed E-state index contributed by atoms with van der Waals surface area (Å²) in [5, 5.41) is 12.5. The van der Waals surface area contributed by atoms with Crippen LogP contribution >= 0.6 is 11.8 Å². The highest BCUT2D eigenvalue weighted by molar-refractivity contribution is 7.98. The Kier molecular flexibility index (Phi) is 7.36. The van der Waals surface area contributed by atoms with Gasteiger partial charge in [-0.2, -0.15) is 11.8 Å². The molecule has 0 spiro atoms. The lowest BCUT2D eigenvalue weighted by Gasteiger charge is -2.19. The summed E-state index contributed by atoms with van der Waals surface area (Å²) in [5.41, 5.74) is 1.46. The number of carbonyl (C=O) groups excluding carboxylic acids is 1. The highest BCUT2D eigenvalue weighted by Gasteiger charge is 2.23. The minimum atomic E-state index is -1.09. The molecule has 1 heterocycles. The van der Waals surface area contributed by atoms with Gasteiger partial charge in [-0.15, -0.1) is 0 Å². The van der Waals surface area contributed by atoms with Crippen molar-refractivity contribution in [1.82, 2.24) is 5.32 Å². The van der Waals surface area contributed by atoms with Gasteiger partial charge in [0, 0.05) is 17.5 Å². The second kappa shape index (κ2) is 10.2. The molecule has 2 N–H and O–H groups in total. The topological polar surface area (TPSA) is 106 Å². The van der Waals surface area contributed by atoms with Crippen molar-refractivity contribution < 1.29 is 23.8 Å². The third-order valence-electron chi connectivity index (χ3n) is 4.71. The molecule has 0 saturated heterocycles. The molecular formula is C23H23NO6S. The summed E-state index contributed by atoms with van der Waals surface area (Å²) in [6, 6.07) is 14.9. The van der Waals surface area contributed by atoms with Crippen molar-refractivity contribution >= 4 is 34.6 Å². The Morgan fingerprint density at radius 1 is 1.16 bits per heavy atom. The molecule has 0 saturated carbocycles. The summed E-state index contributed by atoms with van der Waals surface area (Å²) in [4.78, 5) is 35.8. The van der Waals surface area contributed by atoms with Crippen LogP contribution in [0.15, 0.2) is 63.8 Å². The summed E-state index contributed by atoms with van der Waals surface area (Å²) in [5.74, 6) is -0.678. The van der Waals surface area contributed by atoms with E-state index in [4.69, 9.17) is 9.15 Å². The monoisotopic (exact) mass is 441 g/mol. The predicted octanol–water partition coefficient (Wildman–Crippen LogP) is 3.55. The number of hydrogen-bond acceptors (Lipinski definition) is 6. The van der Waals surface area contributed by atoms with Crippen molar-refractivity contribution in [3.05, 3.63) is 65.0 Å². The summed E-state index contributed by atoms with van der Waals surface area (Å²) >= 11 is 1.51. The smallest absolute Gasteiger partial charge is 0.336 e. The highest BCUT2D eigenvalue weighted by Crippen LogP contribution is 2.29. The third kappa shape index (κ3) is 5.67. The van der Waals surface area contributed by atoms with E-state index in [1.807, 2.05) is 36.6 Å². The minimum absolute atomic E-state index is 0.318. The normalized spacial score (nSPS) is 12.8. The number of thioether (sulfide) groups is 1. The van der Waals surface area contributed by atoms with Crippen LogP contribution in [-0.4, -0.2) is 41.1 Å². The van der Waals surface area contributed by atoms with Gasteiger partial charge in [0.25, 0.3) is 5.91 Å². The van der Waals surface area contributed by atoms with E-state index < -0.39 is 29.6 Å². The van der Waals surface area contributed by atoms with Gasteiger partial charge >= 0.3 is 11.6 Å². The molecule has 0 unspecified atom stereocenters. The fourth-order valence-electron chi connectivity index (χ4n) is 3.11. The molecule has 0 aliphatic carbocycles. The van der Waals surface area contributed by atoms with Crippen molar-refractivity contribution in [3.8, 4) is 16.9 Å². The molecular weight excluding hydrogens is 418 g/mol. The number of carbonyl (C=O) groups is 2. The van der Waals surface area contributed by atoms with Crippen LogP contribution in [0.1, 0.15) is 13.3 Å². The number of aliphatic carboxylic acids is 1. The van der Waals surface area contributed by atoms with Gasteiger partial charge in [-0.05, 0) is 48.6 Å². The van der Waals surface area contributed by atoms with E-state index >= 15 is 0 Å². The van der Waals surface area contributed by atoms with Crippen LogP contribution in [0, 0.1) is 0 Å². The van der Waals surface area contributed by atoms with Crippen LogP contribution in [0.25, 0.3) is 22.1 Å². The first-order valence-corrected chi connectivity index (χ1v) is 11.1. The molecule has 0 radical (unpaired) electrons. The Morgan fingerprint density at radius 3 is 2.58 bits per heavy atom. The van der Waals surface area contributed by atoms with Crippen molar-refractivity contribution in [2.75, 3.05) is 12.0 Å². The number of carboxylic acids is 1. The molecule has 0 bridgehead atoms. The van der Waals surface area contributed by atoms with Crippen molar-refractivity contribution in [3.63, 3.8) is 0 Å². The van der Waals surface area contributed by atoms with Gasteiger partial charge < -0.3 is 19.6 Å². The molecule has 0 aliphatic rings. The van der Waals surface area contributed by atoms with Gasteiger partial charge in [0.15, 0.2) is 6.10 Å². The molecule has 3 aromatic rings. The molecule has 7 nitrogen and oxygen atoms in total. The van der Waals surface area contributed by atoms with Gasteiger partial charge in [-0.25, -0.2) is 9.59 Å². The predicted molar refractivity (Wildman–Crippen MR) is 121 cm³/mol. The number of carboxylic acid groups (broad SMARTS) is 1. The van der Waals surface area contributed by atoms with Crippen molar-refractivity contribution in [2.24, 2.45) is 0 Å². The zero-order valence-corrected chi connectivity index (χ0v) is 18.0. The SMILES string of the molecule is CSCC[C@@H](NC(=O)[C@@H](C)Oc1ccc2c(-c3ccccc3)cc(=O)oc2c1)C(=O)O. The highest BCUT2D eigenvalue weighted by atomic mass is 32.2. The van der Waals surface area contributed by atoms with Gasteiger partial charge in [0.1, 0.15) is 17.4 Å². The first kappa shape index (κ1) is 22.4. The van der Waals surface area contributed by atoms with Crippen LogP contribution in [0.3, 0.4) is 0 Å². The van der Waals surface area contributed by atoms with E-state index in [0.717, 1.165) is 16.5 Å². The van der Waals surface area contributed by atoms with Crippen molar-refractivity contribution in [2.45, 2.75) is 25.5 Å². The summed E-state index contributed by atoms with van der Waals surface area (Å²) < 4.78 is 11.0. The molecule has 8 heteroatoms. The van der Waals surface area contributed by atoms with Gasteiger partial charge in [0.05, 0.1) is 0 Å². The summed E-state index contributed by atoms with van der Waals surface area (Å²) in [7, 11) is 0. The largest absolute Gasteiger partial charge is 0.481 e. The molecule has 1 amide bonds. The summed E-state index contributed by atoms with van der Waals surface area (Å²) in [6.45, 7) is 1.53. The lowest BCUT2D eigenvalue weighted by molar-refractivity contribution is -0.142. The average Bonchev–Trinajstić information content (AvgIpc) is 2.76. The number of fused-ring (bicyclic) bond motifs is 1.